The minimum atomic E-state index is 0.239. The smallest absolute Gasteiger partial charge is 0.163 e. The van der Waals surface area contributed by atoms with Crippen LogP contribution in [0.2, 0.25) is 0 Å². The molecule has 0 aromatic carbocycles. The van der Waals surface area contributed by atoms with Gasteiger partial charge in [0.25, 0.3) is 0 Å². The van der Waals surface area contributed by atoms with Gasteiger partial charge in [-0.2, -0.15) is 0 Å². The summed E-state index contributed by atoms with van der Waals surface area (Å²) in [6.45, 7) is 0. The van der Waals surface area contributed by atoms with Gasteiger partial charge in [-0.1, -0.05) is 6.08 Å². The lowest BCUT2D eigenvalue weighted by atomic mass is 9.94. The number of rotatable bonds is 1. The Morgan fingerprint density at radius 1 is 1.42 bits per heavy atom. The van der Waals surface area contributed by atoms with Gasteiger partial charge in [-0.25, -0.2) is 0 Å². The first-order valence-corrected chi connectivity index (χ1v) is 4.14. The lowest BCUT2D eigenvalue weighted by Gasteiger charge is -2.08. The van der Waals surface area contributed by atoms with Gasteiger partial charge in [0, 0.05) is 17.6 Å². The monoisotopic (exact) mass is 162 g/mol. The first kappa shape index (κ1) is 7.35. The third kappa shape index (κ3) is 1.20. The predicted molar refractivity (Wildman–Crippen MR) is 45.5 cm³/mol. The number of carbonyl (C=O) groups is 1. The second kappa shape index (κ2) is 2.97. The standard InChI is InChI=1S/C10H10O2/c11-10-4-2-1-3-9(10)8-5-6-12-7-8/h3,5-7H,1-2,4H2. The SMILES string of the molecule is O=C1CCCC=C1c1ccoc1. The fourth-order valence-electron chi connectivity index (χ4n) is 1.45. The molecule has 2 heteroatoms. The number of ketones is 1. The maximum Gasteiger partial charge on any atom is 0.163 e. The molecule has 0 saturated heterocycles. The summed E-state index contributed by atoms with van der Waals surface area (Å²) in [5.41, 5.74) is 1.75. The zero-order valence-electron chi connectivity index (χ0n) is 6.75. The Morgan fingerprint density at radius 3 is 3.00 bits per heavy atom. The van der Waals surface area contributed by atoms with E-state index in [1.807, 2.05) is 12.1 Å². The average Bonchev–Trinajstić information content (AvgIpc) is 2.57. The molecule has 1 heterocycles. The van der Waals surface area contributed by atoms with Crippen molar-refractivity contribution in [3.05, 3.63) is 30.2 Å². The molecule has 0 amide bonds. The van der Waals surface area contributed by atoms with Crippen LogP contribution in [0, 0.1) is 0 Å². The number of allylic oxidation sites excluding steroid dienone is 2. The molecule has 1 aliphatic carbocycles. The summed E-state index contributed by atoms with van der Waals surface area (Å²) in [5.74, 6) is 0.239. The van der Waals surface area contributed by atoms with Gasteiger partial charge in [-0.15, -0.1) is 0 Å². The highest BCUT2D eigenvalue weighted by atomic mass is 16.3. The van der Waals surface area contributed by atoms with E-state index < -0.39 is 0 Å². The van der Waals surface area contributed by atoms with Gasteiger partial charge < -0.3 is 4.42 Å². The molecule has 0 saturated carbocycles. The number of carbonyl (C=O) groups excluding carboxylic acids is 1. The molecule has 0 atom stereocenters. The first-order chi connectivity index (χ1) is 5.88. The Hall–Kier alpha value is -1.31. The van der Waals surface area contributed by atoms with Gasteiger partial charge in [0.05, 0.1) is 12.5 Å². The lowest BCUT2D eigenvalue weighted by Crippen LogP contribution is -2.04. The van der Waals surface area contributed by atoms with E-state index in [0.717, 1.165) is 24.0 Å². The largest absolute Gasteiger partial charge is 0.472 e. The molecule has 1 aromatic rings. The van der Waals surface area contributed by atoms with Crippen molar-refractivity contribution in [2.24, 2.45) is 0 Å². The quantitative estimate of drug-likeness (QED) is 0.634. The number of hydrogen-bond acceptors (Lipinski definition) is 2. The van der Waals surface area contributed by atoms with Gasteiger partial charge in [0.15, 0.2) is 5.78 Å². The fourth-order valence-corrected chi connectivity index (χ4v) is 1.45. The zero-order chi connectivity index (χ0) is 8.39. The van der Waals surface area contributed by atoms with Crippen molar-refractivity contribution in [3.63, 3.8) is 0 Å². The van der Waals surface area contributed by atoms with Crippen LogP contribution in [0.5, 0.6) is 0 Å². The van der Waals surface area contributed by atoms with Gasteiger partial charge in [-0.05, 0) is 18.9 Å². The Kier molecular flexibility index (Phi) is 1.82. The van der Waals surface area contributed by atoms with E-state index in [1.54, 1.807) is 12.5 Å². The summed E-state index contributed by atoms with van der Waals surface area (Å²) in [6.07, 6.45) is 7.88. The lowest BCUT2D eigenvalue weighted by molar-refractivity contribution is -0.114. The molecule has 1 aliphatic rings. The molecule has 62 valence electrons. The highest BCUT2D eigenvalue weighted by molar-refractivity contribution is 6.21. The highest BCUT2D eigenvalue weighted by Crippen LogP contribution is 2.23. The summed E-state index contributed by atoms with van der Waals surface area (Å²) in [4.78, 5) is 11.4. The molecule has 0 bridgehead atoms. The van der Waals surface area contributed by atoms with Crippen molar-refractivity contribution in [2.45, 2.75) is 19.3 Å². The van der Waals surface area contributed by atoms with E-state index in [-0.39, 0.29) is 5.78 Å². The second-order valence-electron chi connectivity index (χ2n) is 2.95. The van der Waals surface area contributed by atoms with Gasteiger partial charge in [-0.3, -0.25) is 4.79 Å². The molecule has 0 aliphatic heterocycles. The van der Waals surface area contributed by atoms with Crippen LogP contribution in [0.25, 0.3) is 5.57 Å². The van der Waals surface area contributed by atoms with Crippen molar-refractivity contribution in [1.29, 1.82) is 0 Å². The summed E-state index contributed by atoms with van der Waals surface area (Å²) >= 11 is 0. The molecule has 0 fully saturated rings. The van der Waals surface area contributed by atoms with Crippen molar-refractivity contribution in [1.82, 2.24) is 0 Å². The van der Waals surface area contributed by atoms with E-state index in [9.17, 15) is 4.79 Å². The van der Waals surface area contributed by atoms with Gasteiger partial charge in [0.2, 0.25) is 0 Å². The van der Waals surface area contributed by atoms with Crippen LogP contribution in [0.15, 0.2) is 29.1 Å². The number of Topliss-reactive ketones (excluding diaryl/α,β-unsaturated/α-hetero) is 1. The molecule has 0 radical (unpaired) electrons. The van der Waals surface area contributed by atoms with E-state index in [2.05, 4.69) is 0 Å². The Morgan fingerprint density at radius 2 is 2.33 bits per heavy atom. The van der Waals surface area contributed by atoms with Crippen LogP contribution in [-0.4, -0.2) is 5.78 Å². The van der Waals surface area contributed by atoms with Gasteiger partial charge >= 0.3 is 0 Å². The molecule has 12 heavy (non-hydrogen) atoms. The van der Waals surface area contributed by atoms with E-state index in [4.69, 9.17) is 4.42 Å². The van der Waals surface area contributed by atoms with Crippen molar-refractivity contribution < 1.29 is 9.21 Å². The molecule has 0 unspecified atom stereocenters. The zero-order valence-corrected chi connectivity index (χ0v) is 6.75. The molecule has 0 spiro atoms. The summed E-state index contributed by atoms with van der Waals surface area (Å²) in [6, 6.07) is 1.83. The molecular weight excluding hydrogens is 152 g/mol. The normalized spacial score (nSPS) is 17.7. The van der Waals surface area contributed by atoms with E-state index in [0.29, 0.717) is 6.42 Å². The van der Waals surface area contributed by atoms with Crippen LogP contribution in [0.1, 0.15) is 24.8 Å². The number of furan rings is 1. The summed E-state index contributed by atoms with van der Waals surface area (Å²) < 4.78 is 4.92. The van der Waals surface area contributed by atoms with E-state index >= 15 is 0 Å². The van der Waals surface area contributed by atoms with Crippen LogP contribution >= 0.6 is 0 Å². The molecule has 1 aromatic heterocycles. The first-order valence-electron chi connectivity index (χ1n) is 4.14. The average molecular weight is 162 g/mol. The minimum Gasteiger partial charge on any atom is -0.472 e. The Bertz CT molecular complexity index is 307. The Labute approximate surface area is 70.9 Å². The minimum absolute atomic E-state index is 0.239. The maximum absolute atomic E-state index is 11.4. The topological polar surface area (TPSA) is 30.2 Å². The fraction of sp³-hybridized carbons (Fsp3) is 0.300. The molecular formula is C10H10O2. The third-order valence-electron chi connectivity index (χ3n) is 2.09. The third-order valence-corrected chi connectivity index (χ3v) is 2.09. The Balaban J connectivity index is 2.34. The van der Waals surface area contributed by atoms with Crippen molar-refractivity contribution in [3.8, 4) is 0 Å². The van der Waals surface area contributed by atoms with Crippen molar-refractivity contribution >= 4 is 11.4 Å². The molecule has 2 nitrogen and oxygen atoms in total. The summed E-state index contributed by atoms with van der Waals surface area (Å²) in [5, 5.41) is 0. The molecule has 2 rings (SSSR count). The van der Waals surface area contributed by atoms with Gasteiger partial charge in [0.1, 0.15) is 0 Å². The highest BCUT2D eigenvalue weighted by Gasteiger charge is 2.15. The summed E-state index contributed by atoms with van der Waals surface area (Å²) in [7, 11) is 0. The van der Waals surface area contributed by atoms with Crippen LogP contribution < -0.4 is 0 Å². The number of hydrogen-bond donors (Lipinski definition) is 0. The van der Waals surface area contributed by atoms with Crippen LogP contribution in [-0.2, 0) is 4.79 Å². The second-order valence-corrected chi connectivity index (χ2v) is 2.95. The molecule has 0 N–H and O–H groups in total. The van der Waals surface area contributed by atoms with Crippen LogP contribution in [0.3, 0.4) is 0 Å². The van der Waals surface area contributed by atoms with Crippen molar-refractivity contribution in [2.75, 3.05) is 0 Å². The predicted octanol–water partition coefficient (Wildman–Crippen LogP) is 2.42. The maximum atomic E-state index is 11.4. The van der Waals surface area contributed by atoms with Crippen LogP contribution in [0.4, 0.5) is 0 Å². The van der Waals surface area contributed by atoms with E-state index in [1.165, 1.54) is 0 Å².